The monoisotopic (exact) mass is 460 g/mol. The van der Waals surface area contributed by atoms with Gasteiger partial charge in [0, 0.05) is 36.6 Å². The van der Waals surface area contributed by atoms with Gasteiger partial charge in [0.1, 0.15) is 17.3 Å². The molecular formula is C25H28N6O3. The van der Waals surface area contributed by atoms with Crippen molar-refractivity contribution >= 4 is 17.4 Å². The molecule has 1 N–H and O–H groups in total. The van der Waals surface area contributed by atoms with Gasteiger partial charge in [-0.2, -0.15) is 0 Å². The zero-order valence-electron chi connectivity index (χ0n) is 19.5. The van der Waals surface area contributed by atoms with Crippen molar-refractivity contribution in [3.63, 3.8) is 0 Å². The molecule has 0 radical (unpaired) electrons. The molecule has 0 spiro atoms. The third kappa shape index (κ3) is 5.08. The number of amides is 1. The van der Waals surface area contributed by atoms with E-state index >= 15 is 0 Å². The fraction of sp³-hybridized carbons (Fsp3) is 0.400. The maximum absolute atomic E-state index is 12.7. The van der Waals surface area contributed by atoms with Gasteiger partial charge in [0.2, 0.25) is 11.8 Å². The van der Waals surface area contributed by atoms with Crippen molar-refractivity contribution in [3.8, 4) is 23.1 Å². The molecule has 0 unspecified atom stereocenters. The number of hydrogen-bond acceptors (Lipinski definition) is 8. The topological polar surface area (TPSA) is 102 Å². The molecule has 176 valence electrons. The summed E-state index contributed by atoms with van der Waals surface area (Å²) in [7, 11) is 3.43. The number of anilines is 2. The van der Waals surface area contributed by atoms with Crippen LogP contribution in [0.25, 0.3) is 11.5 Å². The Labute approximate surface area is 198 Å². The van der Waals surface area contributed by atoms with Crippen LogP contribution >= 0.6 is 0 Å². The number of carbonyl (C=O) groups excluding carboxylic acids is 1. The number of rotatable bonds is 9. The average Bonchev–Trinajstić information content (AvgIpc) is 3.57. The van der Waals surface area contributed by atoms with Crippen molar-refractivity contribution in [3.05, 3.63) is 47.9 Å². The van der Waals surface area contributed by atoms with Gasteiger partial charge < -0.3 is 19.7 Å². The highest BCUT2D eigenvalue weighted by molar-refractivity contribution is 5.93. The van der Waals surface area contributed by atoms with Crippen molar-refractivity contribution in [1.29, 1.82) is 0 Å². The van der Waals surface area contributed by atoms with Crippen molar-refractivity contribution in [2.24, 2.45) is 5.92 Å². The Balaban J connectivity index is 1.34. The van der Waals surface area contributed by atoms with E-state index in [0.29, 0.717) is 29.0 Å². The summed E-state index contributed by atoms with van der Waals surface area (Å²) in [4.78, 5) is 32.8. The molecule has 3 aromatic rings. The van der Waals surface area contributed by atoms with Crippen LogP contribution in [0.3, 0.4) is 0 Å². The summed E-state index contributed by atoms with van der Waals surface area (Å²) in [6.07, 6.45) is 8.60. The summed E-state index contributed by atoms with van der Waals surface area (Å²) >= 11 is 0. The third-order valence-electron chi connectivity index (χ3n) is 6.03. The first kappa shape index (κ1) is 22.1. The van der Waals surface area contributed by atoms with Crippen LogP contribution in [0.4, 0.5) is 11.5 Å². The van der Waals surface area contributed by atoms with Gasteiger partial charge in [-0.15, -0.1) is 0 Å². The van der Waals surface area contributed by atoms with Crippen LogP contribution in [-0.4, -0.2) is 53.2 Å². The van der Waals surface area contributed by atoms with Crippen LogP contribution in [0.2, 0.25) is 0 Å². The van der Waals surface area contributed by atoms with E-state index < -0.39 is 0 Å². The molecular weight excluding hydrogens is 432 g/mol. The van der Waals surface area contributed by atoms with Gasteiger partial charge in [0.25, 0.3) is 0 Å². The van der Waals surface area contributed by atoms with Crippen LogP contribution in [0.5, 0.6) is 11.6 Å². The highest BCUT2D eigenvalue weighted by atomic mass is 16.5. The van der Waals surface area contributed by atoms with Crippen molar-refractivity contribution in [2.75, 3.05) is 37.5 Å². The number of pyridine rings is 2. The normalized spacial score (nSPS) is 14.4. The maximum Gasteiger partial charge on any atom is 0.243 e. The molecule has 9 heteroatoms. The molecule has 1 saturated carbocycles. The minimum absolute atomic E-state index is 0.146. The fourth-order valence-corrected chi connectivity index (χ4v) is 4.03. The summed E-state index contributed by atoms with van der Waals surface area (Å²) in [5, 5.41) is 2.87. The molecule has 1 amide bonds. The second-order valence-electron chi connectivity index (χ2n) is 8.77. The molecule has 2 aliphatic carbocycles. The van der Waals surface area contributed by atoms with Gasteiger partial charge in [-0.3, -0.25) is 9.78 Å². The highest BCUT2D eigenvalue weighted by Gasteiger charge is 2.24. The van der Waals surface area contributed by atoms with Gasteiger partial charge in [-0.05, 0) is 50.2 Å². The van der Waals surface area contributed by atoms with Crippen LogP contribution < -0.4 is 19.7 Å². The number of aromatic nitrogens is 4. The SMILES string of the molecule is COc1ccc(NC(=O)CN(C)c2nc(-c3cc(OCC4CC4)ccn3)nc3c2CCC3)cn1. The second kappa shape index (κ2) is 9.62. The molecule has 0 bridgehead atoms. The lowest BCUT2D eigenvalue weighted by Gasteiger charge is -2.21. The minimum Gasteiger partial charge on any atom is -0.493 e. The summed E-state index contributed by atoms with van der Waals surface area (Å²) in [6, 6.07) is 7.23. The summed E-state index contributed by atoms with van der Waals surface area (Å²) in [5.41, 5.74) is 3.41. The van der Waals surface area contributed by atoms with Gasteiger partial charge in [0.15, 0.2) is 5.82 Å². The minimum atomic E-state index is -0.157. The summed E-state index contributed by atoms with van der Waals surface area (Å²) in [5.74, 6) is 3.12. The lowest BCUT2D eigenvalue weighted by atomic mass is 10.2. The Morgan fingerprint density at radius 1 is 1.18 bits per heavy atom. The van der Waals surface area contributed by atoms with E-state index in [0.717, 1.165) is 48.7 Å². The highest BCUT2D eigenvalue weighted by Crippen LogP contribution is 2.32. The molecule has 0 aliphatic heterocycles. The number of carbonyl (C=O) groups is 1. The molecule has 9 nitrogen and oxygen atoms in total. The lowest BCUT2D eigenvalue weighted by molar-refractivity contribution is -0.114. The smallest absolute Gasteiger partial charge is 0.243 e. The van der Waals surface area contributed by atoms with Crippen molar-refractivity contribution in [2.45, 2.75) is 32.1 Å². The summed E-state index contributed by atoms with van der Waals surface area (Å²) in [6.45, 7) is 0.883. The van der Waals surface area contributed by atoms with Crippen LogP contribution in [0, 0.1) is 5.92 Å². The Hall–Kier alpha value is -3.75. The number of fused-ring (bicyclic) bond motifs is 1. The van der Waals surface area contributed by atoms with E-state index in [-0.39, 0.29) is 12.5 Å². The predicted octanol–water partition coefficient (Wildman–Crippen LogP) is 3.29. The summed E-state index contributed by atoms with van der Waals surface area (Å²) < 4.78 is 11.0. The van der Waals surface area contributed by atoms with E-state index in [9.17, 15) is 4.79 Å². The molecule has 0 aromatic carbocycles. The number of nitrogens with one attached hydrogen (secondary N) is 1. The number of nitrogens with zero attached hydrogens (tertiary/aromatic N) is 5. The fourth-order valence-electron chi connectivity index (χ4n) is 4.03. The Bertz CT molecular complexity index is 1180. The van der Waals surface area contributed by atoms with Crippen LogP contribution in [0.1, 0.15) is 30.5 Å². The predicted molar refractivity (Wildman–Crippen MR) is 128 cm³/mol. The van der Waals surface area contributed by atoms with Gasteiger partial charge in [-0.25, -0.2) is 15.0 Å². The number of hydrogen-bond donors (Lipinski definition) is 1. The van der Waals surface area contributed by atoms with Crippen LogP contribution in [-0.2, 0) is 17.6 Å². The van der Waals surface area contributed by atoms with E-state index in [1.54, 1.807) is 31.6 Å². The van der Waals surface area contributed by atoms with Crippen molar-refractivity contribution < 1.29 is 14.3 Å². The first-order chi connectivity index (χ1) is 16.6. The lowest BCUT2D eigenvalue weighted by Crippen LogP contribution is -2.31. The first-order valence-corrected chi connectivity index (χ1v) is 11.6. The Morgan fingerprint density at radius 3 is 2.82 bits per heavy atom. The zero-order chi connectivity index (χ0) is 23.5. The Kier molecular flexibility index (Phi) is 6.24. The quantitative estimate of drug-likeness (QED) is 0.519. The first-order valence-electron chi connectivity index (χ1n) is 11.6. The molecule has 3 heterocycles. The molecule has 5 rings (SSSR count). The largest absolute Gasteiger partial charge is 0.493 e. The molecule has 34 heavy (non-hydrogen) atoms. The van der Waals surface area contributed by atoms with E-state index in [1.807, 2.05) is 24.1 Å². The van der Waals surface area contributed by atoms with E-state index in [1.165, 1.54) is 12.8 Å². The van der Waals surface area contributed by atoms with Gasteiger partial charge in [-0.1, -0.05) is 0 Å². The van der Waals surface area contributed by atoms with Crippen LogP contribution in [0.15, 0.2) is 36.7 Å². The van der Waals surface area contributed by atoms with E-state index in [4.69, 9.17) is 19.4 Å². The standard InChI is InChI=1S/C25H28N6O3/c1-31(14-22(32)28-17-8-9-23(33-2)27-13-17)25-19-4-3-5-20(19)29-24(30-25)21-12-18(10-11-26-21)34-15-16-6-7-16/h8-13,16H,3-7,14-15H2,1-2H3,(H,28,32). The van der Waals surface area contributed by atoms with Gasteiger partial charge >= 0.3 is 0 Å². The molecule has 0 atom stereocenters. The second-order valence-corrected chi connectivity index (χ2v) is 8.77. The molecule has 1 fully saturated rings. The average molecular weight is 461 g/mol. The number of aryl methyl sites for hydroxylation is 1. The number of ether oxygens (including phenoxy) is 2. The van der Waals surface area contributed by atoms with Gasteiger partial charge in [0.05, 0.1) is 32.1 Å². The molecule has 3 aromatic heterocycles. The number of likely N-dealkylation sites (N-methyl/N-ethyl adjacent to an activating group) is 1. The Morgan fingerprint density at radius 2 is 2.06 bits per heavy atom. The maximum atomic E-state index is 12.7. The molecule has 2 aliphatic rings. The zero-order valence-corrected chi connectivity index (χ0v) is 19.5. The van der Waals surface area contributed by atoms with E-state index in [2.05, 4.69) is 15.3 Å². The number of methoxy groups -OCH3 is 1. The third-order valence-corrected chi connectivity index (χ3v) is 6.03. The van der Waals surface area contributed by atoms with Crippen molar-refractivity contribution in [1.82, 2.24) is 19.9 Å². The molecule has 0 saturated heterocycles.